The summed E-state index contributed by atoms with van der Waals surface area (Å²) in [6, 6.07) is 49.5. The molecule has 30 nitrogen and oxygen atoms in total. The Labute approximate surface area is 798 Å². The summed E-state index contributed by atoms with van der Waals surface area (Å²) in [6.45, 7) is 6.07. The van der Waals surface area contributed by atoms with Gasteiger partial charge >= 0.3 is 24.5 Å². The lowest BCUT2D eigenvalue weighted by Gasteiger charge is -2.18. The highest BCUT2D eigenvalue weighted by atomic mass is 127. The maximum atomic E-state index is 13.6. The molecule has 15 aromatic rings. The lowest BCUT2D eigenvalue weighted by molar-refractivity contribution is -0.305. The molecule has 15 heterocycles. The standard InChI is InChI=1S/C24H16F6N6O2.C24H21N5O.C23H15F2N5O3.C23H21N7O.4CH4.HI/c25-23(26,27)12-38-22-16(2-1-7-31-22)20-32-9-15-8-18(37)36(21(15)35-20)11-13-3-5-14(6-4-13)19-33-10-17(34-19)24(28,29)30;1-2-18-6-3-4-7-21(18)23-25-15-19-14-22(30)28(24(19)27-23)16-17-8-10-20(11-9-17)29-13-5-12-26-29;24-23(25)32-18-4-1-3-17(20(18)33-23)21-26-12-15-11-19(31)29(22(15)28-21)13-14-5-7-16(8-6-14)30-10-2-9-27-30;1-15(2)21-19(12-24-14-26-21)22-25-11-17-10-20(31)29(23(17)28-22)13-16-4-6-18(7-5-16)30-9-3-8-27-30;;;;;/h1-7,9-10,17H,8,11-12H2;3-13,15H,2,14,16H2,1H3;1-10,12H,11,13H2;3-9,11-12,14-15H,10,13H2,1-2H3;4*1H4;1H. The van der Waals surface area contributed by atoms with Crippen molar-refractivity contribution in [2.75, 3.05) is 26.2 Å². The largest absolute Gasteiger partial charge is 1.00 e. The lowest BCUT2D eigenvalue weighted by atomic mass is 10.0. The Balaban J connectivity index is 0.000000153. The van der Waals surface area contributed by atoms with E-state index >= 15 is 0 Å². The predicted octanol–water partition coefficient (Wildman–Crippen LogP) is 13.0. The van der Waals surface area contributed by atoms with Crippen molar-refractivity contribution in [3.05, 3.63) is 312 Å². The molecule has 6 aliphatic rings. The quantitative estimate of drug-likeness (QED) is 0.0547. The Hall–Kier alpha value is -15.7. The van der Waals surface area contributed by atoms with Crippen molar-refractivity contribution < 1.29 is 97.5 Å². The summed E-state index contributed by atoms with van der Waals surface area (Å²) in [4.78, 5) is 112. The lowest BCUT2D eigenvalue weighted by Crippen LogP contribution is -3.00. The molecule has 21 rings (SSSR count). The number of aromatic nitrogens is 17. The number of alkyl halides is 8. The molecule has 0 radical (unpaired) electrons. The summed E-state index contributed by atoms with van der Waals surface area (Å²) in [5.41, 5.74) is 14.1. The number of nitrogens with zero attached hydrogens (tertiary/aromatic N) is 22. The van der Waals surface area contributed by atoms with E-state index in [0.717, 1.165) is 74.3 Å². The zero-order valence-corrected chi connectivity index (χ0v) is 72.7. The van der Waals surface area contributed by atoms with Gasteiger partial charge in [-0.2, -0.15) is 41.6 Å². The number of hydrogen-bond donors (Lipinski definition) is 1. The zero-order chi connectivity index (χ0) is 91.5. The highest BCUT2D eigenvalue weighted by Gasteiger charge is 2.48. The molecular weight excluding hydrogens is 1890 g/mol. The fraction of sp³-hybridized carbons (Fsp3) is 0.224. The number of amidine groups is 1. The third-order valence-electron chi connectivity index (χ3n) is 21.9. The van der Waals surface area contributed by atoms with E-state index in [0.29, 0.717) is 89.6 Å². The summed E-state index contributed by atoms with van der Waals surface area (Å²) >= 11 is 0. The maximum absolute atomic E-state index is 13.6. The van der Waals surface area contributed by atoms with E-state index in [9.17, 15) is 54.3 Å². The van der Waals surface area contributed by atoms with Gasteiger partial charge in [0.05, 0.1) is 96.9 Å². The number of carbonyl (C=O) groups excluding carboxylic acids is 4. The minimum atomic E-state index is -4.56. The molecule has 1 unspecified atom stereocenters. The molecule has 137 heavy (non-hydrogen) atoms. The first kappa shape index (κ1) is 98.8. The monoisotopic (exact) mass is 1980 g/mol. The molecule has 39 heteroatoms. The minimum Gasteiger partial charge on any atom is -1.00 e. The number of carbonyl (C=O) groups is 4. The van der Waals surface area contributed by atoms with Crippen LogP contribution in [0.25, 0.3) is 62.6 Å². The minimum absolute atomic E-state index is 0. The molecule has 702 valence electrons. The molecule has 1 N–H and O–H groups in total. The van der Waals surface area contributed by atoms with Crippen LogP contribution < -0.4 is 62.8 Å². The number of para-hydroxylation sites is 1. The summed E-state index contributed by atoms with van der Waals surface area (Å²) in [6.07, 6.45) is 11.7. The first-order valence-corrected chi connectivity index (χ1v) is 41.5. The molecule has 0 saturated heterocycles. The first-order chi connectivity index (χ1) is 63.8. The van der Waals surface area contributed by atoms with Crippen LogP contribution >= 0.6 is 0 Å². The predicted molar refractivity (Wildman–Crippen MR) is 492 cm³/mol. The van der Waals surface area contributed by atoms with Crippen molar-refractivity contribution in [1.82, 2.24) is 84.2 Å². The van der Waals surface area contributed by atoms with Gasteiger partial charge in [0.1, 0.15) is 35.8 Å². The van der Waals surface area contributed by atoms with Gasteiger partial charge in [-0.3, -0.25) is 38.8 Å². The highest BCUT2D eigenvalue weighted by molar-refractivity contribution is 6.03. The summed E-state index contributed by atoms with van der Waals surface area (Å²) in [5, 5.41) is 12.7. The van der Waals surface area contributed by atoms with E-state index in [1.165, 1.54) is 47.4 Å². The van der Waals surface area contributed by atoms with Gasteiger partial charge in [-0.15, -0.1) is 8.78 Å². The van der Waals surface area contributed by atoms with E-state index in [-0.39, 0.29) is 149 Å². The van der Waals surface area contributed by atoms with Crippen LogP contribution in [0.2, 0.25) is 0 Å². The van der Waals surface area contributed by atoms with E-state index in [1.54, 1.807) is 104 Å². The van der Waals surface area contributed by atoms with E-state index < -0.39 is 31.3 Å². The van der Waals surface area contributed by atoms with Crippen LogP contribution in [-0.2, 0) is 77.5 Å². The number of nitrogens with one attached hydrogen (secondary N) is 1. The second kappa shape index (κ2) is 41.8. The van der Waals surface area contributed by atoms with Crippen LogP contribution in [0.3, 0.4) is 0 Å². The van der Waals surface area contributed by atoms with Crippen LogP contribution in [0.5, 0.6) is 17.4 Å². The Kier molecular flexibility index (Phi) is 30.2. The SMILES string of the molecule is C.C.C.C.CC(C)c1ncncc1-c1ncc2c(n1)N(Cc1ccc(-n3cccn3)cc1)C(=O)C2.CCc1ccccc1-c1ncc2c(n1)N(Cc1ccc(-n3cccn3)cc1)C(=O)C2.O=C1Cc2cnc(-c3cccc4c3OC(F)(F)O4)nc2N1Cc1ccc(-n2cccn2)cc1.O=C1Cc2cnc(-c3cccnc3OCC(F)(F)F)nc2N1Cc1ccc(C2=NC(C(F)(F)F)C=[NH+]2)cc1.[I-]. The van der Waals surface area contributed by atoms with E-state index in [1.807, 2.05) is 132 Å². The Morgan fingerprint density at radius 1 is 0.460 bits per heavy atom. The van der Waals surface area contributed by atoms with Crippen molar-refractivity contribution in [2.24, 2.45) is 4.99 Å². The van der Waals surface area contributed by atoms with E-state index in [2.05, 4.69) is 106 Å². The second-order valence-electron chi connectivity index (χ2n) is 31.2. The van der Waals surface area contributed by atoms with Gasteiger partial charge in [0.2, 0.25) is 29.5 Å². The summed E-state index contributed by atoms with van der Waals surface area (Å²) in [5.74, 6) is 2.98. The van der Waals surface area contributed by atoms with Crippen molar-refractivity contribution in [3.8, 4) is 80.0 Å². The average Bonchev–Trinajstić information content (AvgIpc) is 1.61. The van der Waals surface area contributed by atoms with Gasteiger partial charge < -0.3 is 38.2 Å². The van der Waals surface area contributed by atoms with Gasteiger partial charge in [-0.1, -0.05) is 134 Å². The van der Waals surface area contributed by atoms with Crippen LogP contribution in [0.4, 0.5) is 58.4 Å². The Bertz CT molecular complexity index is 6900. The fourth-order valence-electron chi connectivity index (χ4n) is 15.4. The van der Waals surface area contributed by atoms with Gasteiger partial charge in [-0.05, 0) is 131 Å². The number of benzene rings is 6. The molecule has 6 aliphatic heterocycles. The third kappa shape index (κ3) is 21.9. The topological polar surface area (TPSA) is 331 Å². The second-order valence-corrected chi connectivity index (χ2v) is 31.2. The zero-order valence-electron chi connectivity index (χ0n) is 70.6. The summed E-state index contributed by atoms with van der Waals surface area (Å²) < 4.78 is 123. The normalized spacial score (nSPS) is 14.3. The van der Waals surface area contributed by atoms with Gasteiger partial charge in [0.25, 0.3) is 6.04 Å². The number of aryl methyl sites for hydroxylation is 1. The summed E-state index contributed by atoms with van der Waals surface area (Å²) in [7, 11) is 0. The molecule has 0 bridgehead atoms. The van der Waals surface area contributed by atoms with Gasteiger partial charge in [-0.25, -0.2) is 73.9 Å². The number of rotatable bonds is 20. The molecule has 0 saturated carbocycles. The van der Waals surface area contributed by atoms with Crippen LogP contribution in [0.1, 0.15) is 118 Å². The number of halogens is 9. The molecule has 0 fully saturated rings. The number of amides is 4. The van der Waals surface area contributed by atoms with Crippen LogP contribution in [0, 0.1) is 0 Å². The average molecular weight is 1980 g/mol. The highest BCUT2D eigenvalue weighted by Crippen LogP contribution is 2.47. The van der Waals surface area contributed by atoms with Crippen molar-refractivity contribution in [2.45, 2.75) is 139 Å². The Morgan fingerprint density at radius 3 is 1.28 bits per heavy atom. The van der Waals surface area contributed by atoms with Gasteiger partial charge in [0, 0.05) is 102 Å². The molecule has 1 atom stereocenters. The molecule has 0 aliphatic carbocycles. The number of pyridine rings is 1. The molecule has 0 spiro atoms. The number of fused-ring (bicyclic) bond motifs is 5. The number of hydrogen-bond acceptors (Lipinski definition) is 22. The van der Waals surface area contributed by atoms with Crippen molar-refractivity contribution in [1.29, 1.82) is 0 Å². The first-order valence-electron chi connectivity index (χ1n) is 41.5. The molecule has 6 aromatic carbocycles. The number of aliphatic imine (C=N–C) groups is 1. The molecule has 4 amide bonds. The van der Waals surface area contributed by atoms with Crippen LogP contribution in [-0.4, -0.2) is 151 Å². The van der Waals surface area contributed by atoms with Gasteiger partial charge in [0.15, 0.2) is 41.4 Å². The molecular formula is C98H90F8IN23O7. The third-order valence-corrected chi connectivity index (χ3v) is 21.9. The van der Waals surface area contributed by atoms with Crippen molar-refractivity contribution >= 4 is 59.0 Å². The van der Waals surface area contributed by atoms with E-state index in [4.69, 9.17) is 14.7 Å². The molecule has 9 aromatic heterocycles. The maximum Gasteiger partial charge on any atom is 0.586 e. The van der Waals surface area contributed by atoms with Crippen molar-refractivity contribution in [3.63, 3.8) is 0 Å². The smallest absolute Gasteiger partial charge is 0.586 e. The fourth-order valence-corrected chi connectivity index (χ4v) is 15.4. The van der Waals surface area contributed by atoms with Crippen LogP contribution in [0.15, 0.2) is 256 Å². The number of ether oxygens (including phenoxy) is 3. The Morgan fingerprint density at radius 2 is 0.869 bits per heavy atom. The number of anilines is 4.